The Labute approximate surface area is 188 Å². The molecule has 0 bridgehead atoms. The Balaban J connectivity index is 2.47. The molecule has 0 aliphatic heterocycles. The van der Waals surface area contributed by atoms with E-state index in [1.165, 1.54) is 57.1 Å². The van der Waals surface area contributed by atoms with E-state index in [4.69, 9.17) is 0 Å². The molecule has 0 N–H and O–H groups in total. The summed E-state index contributed by atoms with van der Waals surface area (Å²) in [7, 11) is 0. The summed E-state index contributed by atoms with van der Waals surface area (Å²) in [6.45, 7) is 16.1. The molecule has 0 spiro atoms. The molecular formula is C29H38Sn. The van der Waals surface area contributed by atoms with Crippen molar-refractivity contribution in [3.8, 4) is 0 Å². The van der Waals surface area contributed by atoms with Crippen LogP contribution in [0.15, 0.2) is 54.6 Å². The van der Waals surface area contributed by atoms with Gasteiger partial charge < -0.3 is 0 Å². The summed E-state index contributed by atoms with van der Waals surface area (Å²) in [5.41, 5.74) is 8.62. The van der Waals surface area contributed by atoms with Gasteiger partial charge in [0, 0.05) is 0 Å². The van der Waals surface area contributed by atoms with Crippen LogP contribution in [0.1, 0.15) is 59.6 Å². The van der Waals surface area contributed by atoms with E-state index < -0.39 is 18.4 Å². The fourth-order valence-electron chi connectivity index (χ4n) is 5.07. The zero-order valence-electron chi connectivity index (χ0n) is 20.0. The number of unbranched alkanes of at least 4 members (excludes halogenated alkanes) is 2. The van der Waals surface area contributed by atoms with E-state index >= 15 is 0 Å². The van der Waals surface area contributed by atoms with Gasteiger partial charge in [0.1, 0.15) is 0 Å². The predicted molar refractivity (Wildman–Crippen MR) is 137 cm³/mol. The molecule has 0 aromatic heterocycles. The first kappa shape index (κ1) is 23.1. The summed E-state index contributed by atoms with van der Waals surface area (Å²) in [5.74, 6) is 0. The molecule has 0 aliphatic rings. The molecule has 0 heterocycles. The maximum absolute atomic E-state index is 3.24. The van der Waals surface area contributed by atoms with Gasteiger partial charge in [-0.3, -0.25) is 0 Å². The van der Waals surface area contributed by atoms with Gasteiger partial charge in [0.2, 0.25) is 0 Å². The summed E-state index contributed by atoms with van der Waals surface area (Å²) in [6.07, 6.45) is 3.91. The van der Waals surface area contributed by atoms with Crippen molar-refractivity contribution in [1.29, 1.82) is 0 Å². The van der Waals surface area contributed by atoms with Crippen LogP contribution in [0.3, 0.4) is 0 Å². The second-order valence-electron chi connectivity index (χ2n) is 9.32. The minimum absolute atomic E-state index is 1.27. The van der Waals surface area contributed by atoms with Gasteiger partial charge in [-0.25, -0.2) is 0 Å². The Morgan fingerprint density at radius 3 is 1.23 bits per heavy atom. The number of hydrogen-bond acceptors (Lipinski definition) is 0. The van der Waals surface area contributed by atoms with Crippen LogP contribution in [0.5, 0.6) is 0 Å². The molecule has 3 aromatic carbocycles. The fourth-order valence-corrected chi connectivity index (χ4v) is 22.6. The first-order valence-electron chi connectivity index (χ1n) is 11.5. The standard InChI is InChI=1S/3C8H9.C5H11.Sn/c3*1-7-3-5-8(2)6-4-7;1-3-5-4-2;/h3*3-5H,1-2H3;1,3-5H2,2H3;. The summed E-state index contributed by atoms with van der Waals surface area (Å²) in [5, 5.41) is 0. The monoisotopic (exact) mass is 506 g/mol. The number of rotatable bonds is 7. The van der Waals surface area contributed by atoms with E-state index in [0.29, 0.717) is 0 Å². The topological polar surface area (TPSA) is 0 Å². The zero-order valence-corrected chi connectivity index (χ0v) is 22.9. The van der Waals surface area contributed by atoms with Crippen LogP contribution in [-0.4, -0.2) is 18.4 Å². The fraction of sp³-hybridized carbons (Fsp3) is 0.379. The van der Waals surface area contributed by atoms with Gasteiger partial charge in [-0.1, -0.05) is 0 Å². The van der Waals surface area contributed by atoms with Crippen molar-refractivity contribution < 1.29 is 0 Å². The van der Waals surface area contributed by atoms with E-state index in [1.54, 1.807) is 10.7 Å². The second kappa shape index (κ2) is 9.73. The molecule has 0 aliphatic carbocycles. The average molecular weight is 505 g/mol. The third-order valence-electron chi connectivity index (χ3n) is 6.71. The molecule has 3 aromatic rings. The molecule has 0 nitrogen and oxygen atoms in total. The van der Waals surface area contributed by atoms with Crippen LogP contribution in [0.2, 0.25) is 4.44 Å². The molecule has 1 heteroatoms. The normalized spacial score (nSPS) is 11.7. The third kappa shape index (κ3) is 4.54. The molecule has 3 rings (SSSR count). The molecule has 0 saturated carbocycles. The molecule has 0 saturated heterocycles. The van der Waals surface area contributed by atoms with Crippen molar-refractivity contribution in [2.45, 2.75) is 72.2 Å². The Morgan fingerprint density at radius 2 is 0.900 bits per heavy atom. The number of benzene rings is 3. The van der Waals surface area contributed by atoms with Gasteiger partial charge in [0.15, 0.2) is 0 Å². The van der Waals surface area contributed by atoms with E-state index in [9.17, 15) is 0 Å². The van der Waals surface area contributed by atoms with E-state index in [2.05, 4.69) is 103 Å². The van der Waals surface area contributed by atoms with E-state index in [1.807, 2.05) is 0 Å². The van der Waals surface area contributed by atoms with Crippen LogP contribution >= 0.6 is 0 Å². The number of aryl methyl sites for hydroxylation is 6. The van der Waals surface area contributed by atoms with Crippen LogP contribution in [0, 0.1) is 41.5 Å². The van der Waals surface area contributed by atoms with Gasteiger partial charge in [0.05, 0.1) is 0 Å². The molecule has 30 heavy (non-hydrogen) atoms. The van der Waals surface area contributed by atoms with E-state index in [-0.39, 0.29) is 0 Å². The summed E-state index contributed by atoms with van der Waals surface area (Å²) in [4.78, 5) is 0. The SMILES string of the molecule is CCCC[CH2][Sn]([c]1cc(C)ccc1C)([c]1cc(C)ccc1C)[c]1cc(C)ccc1C. The van der Waals surface area contributed by atoms with Gasteiger partial charge >= 0.3 is 189 Å². The summed E-state index contributed by atoms with van der Waals surface area (Å²) in [6, 6.07) is 21.6. The molecule has 0 radical (unpaired) electrons. The number of hydrogen-bond donors (Lipinski definition) is 0. The van der Waals surface area contributed by atoms with Crippen LogP contribution < -0.4 is 10.7 Å². The second-order valence-corrected chi connectivity index (χ2v) is 20.5. The van der Waals surface area contributed by atoms with Crippen molar-refractivity contribution in [3.05, 3.63) is 88.0 Å². The van der Waals surface area contributed by atoms with Crippen molar-refractivity contribution in [1.82, 2.24) is 0 Å². The zero-order chi connectivity index (χ0) is 21.9. The Bertz CT molecular complexity index is 903. The van der Waals surface area contributed by atoms with Gasteiger partial charge in [-0.2, -0.15) is 0 Å². The van der Waals surface area contributed by atoms with Crippen LogP contribution in [0.25, 0.3) is 0 Å². The quantitative estimate of drug-likeness (QED) is 0.265. The summed E-state index contributed by atoms with van der Waals surface area (Å²) < 4.78 is 6.40. The summed E-state index contributed by atoms with van der Waals surface area (Å²) >= 11 is -3.24. The molecule has 158 valence electrons. The predicted octanol–water partition coefficient (Wildman–Crippen LogP) is 6.20. The molecule has 0 fully saturated rings. The Kier molecular flexibility index (Phi) is 7.50. The third-order valence-corrected chi connectivity index (χ3v) is 22.3. The van der Waals surface area contributed by atoms with Crippen LogP contribution in [-0.2, 0) is 0 Å². The first-order valence-corrected chi connectivity index (χ1v) is 17.8. The van der Waals surface area contributed by atoms with Crippen LogP contribution in [0.4, 0.5) is 0 Å². The van der Waals surface area contributed by atoms with E-state index in [0.717, 1.165) is 0 Å². The van der Waals surface area contributed by atoms with Gasteiger partial charge in [0.25, 0.3) is 0 Å². The average Bonchev–Trinajstić information content (AvgIpc) is 2.72. The first-order chi connectivity index (χ1) is 14.3. The molecular weight excluding hydrogens is 467 g/mol. The van der Waals surface area contributed by atoms with Gasteiger partial charge in [-0.05, 0) is 0 Å². The Morgan fingerprint density at radius 1 is 0.533 bits per heavy atom. The molecule has 0 unspecified atom stereocenters. The molecule has 0 atom stereocenters. The minimum atomic E-state index is -3.24. The maximum atomic E-state index is 2.54. The van der Waals surface area contributed by atoms with Crippen molar-refractivity contribution in [2.24, 2.45) is 0 Å². The Hall–Kier alpha value is -1.54. The van der Waals surface area contributed by atoms with Crippen molar-refractivity contribution >= 4 is 29.1 Å². The van der Waals surface area contributed by atoms with Crippen molar-refractivity contribution in [3.63, 3.8) is 0 Å². The van der Waals surface area contributed by atoms with Gasteiger partial charge in [-0.15, -0.1) is 0 Å². The molecule has 0 amide bonds. The van der Waals surface area contributed by atoms with Crippen molar-refractivity contribution in [2.75, 3.05) is 0 Å².